The Bertz CT molecular complexity index is 331. The van der Waals surface area contributed by atoms with E-state index in [2.05, 4.69) is 13.2 Å². The van der Waals surface area contributed by atoms with Gasteiger partial charge in [-0.3, -0.25) is 4.79 Å². The lowest BCUT2D eigenvalue weighted by atomic mass is 10.1. The SMILES string of the molecule is C=CCCCCCCC/C=C\OC(=O)CCCCCCCCC=C. The van der Waals surface area contributed by atoms with Crippen molar-refractivity contribution in [1.82, 2.24) is 0 Å². The largest absolute Gasteiger partial charge is 0.435 e. The van der Waals surface area contributed by atoms with E-state index in [9.17, 15) is 4.79 Å². The van der Waals surface area contributed by atoms with Crippen LogP contribution in [0.5, 0.6) is 0 Å². The van der Waals surface area contributed by atoms with Crippen molar-refractivity contribution in [1.29, 1.82) is 0 Å². The molecule has 0 aromatic heterocycles. The highest BCUT2D eigenvalue weighted by Crippen LogP contribution is 2.10. The van der Waals surface area contributed by atoms with E-state index in [0.29, 0.717) is 6.42 Å². The van der Waals surface area contributed by atoms with Crippen LogP contribution in [0.3, 0.4) is 0 Å². The van der Waals surface area contributed by atoms with Crippen LogP contribution >= 0.6 is 0 Å². The maximum absolute atomic E-state index is 11.6. The van der Waals surface area contributed by atoms with Crippen LogP contribution in [0.25, 0.3) is 0 Å². The maximum atomic E-state index is 11.6. The summed E-state index contributed by atoms with van der Waals surface area (Å²) in [6, 6.07) is 0. The van der Waals surface area contributed by atoms with Crippen molar-refractivity contribution in [3.8, 4) is 0 Å². The van der Waals surface area contributed by atoms with Gasteiger partial charge in [0.1, 0.15) is 0 Å². The Morgan fingerprint density at radius 3 is 1.67 bits per heavy atom. The molecular formula is C22H38O2. The van der Waals surface area contributed by atoms with E-state index in [0.717, 1.165) is 32.1 Å². The minimum Gasteiger partial charge on any atom is -0.435 e. The van der Waals surface area contributed by atoms with Gasteiger partial charge in [0.05, 0.1) is 6.26 Å². The van der Waals surface area contributed by atoms with Crippen LogP contribution in [-0.2, 0) is 9.53 Å². The number of hydrogen-bond donors (Lipinski definition) is 0. The first-order valence-corrected chi connectivity index (χ1v) is 9.87. The lowest BCUT2D eigenvalue weighted by Gasteiger charge is -2.01. The van der Waals surface area contributed by atoms with Crippen LogP contribution in [0.1, 0.15) is 96.3 Å². The number of unbranched alkanes of at least 4 members (excludes halogenated alkanes) is 12. The molecule has 0 aliphatic heterocycles. The Balaban J connectivity index is 3.27. The summed E-state index contributed by atoms with van der Waals surface area (Å²) < 4.78 is 5.12. The lowest BCUT2D eigenvalue weighted by molar-refractivity contribution is -0.138. The molecule has 0 unspecified atom stereocenters. The molecule has 0 rings (SSSR count). The molecule has 0 saturated heterocycles. The van der Waals surface area contributed by atoms with Gasteiger partial charge in [-0.2, -0.15) is 0 Å². The fourth-order valence-corrected chi connectivity index (χ4v) is 2.60. The minimum absolute atomic E-state index is 0.0951. The molecule has 0 aliphatic rings. The van der Waals surface area contributed by atoms with Gasteiger partial charge in [0, 0.05) is 6.42 Å². The molecule has 0 amide bonds. The zero-order valence-corrected chi connectivity index (χ0v) is 15.6. The molecule has 0 saturated carbocycles. The first-order valence-electron chi connectivity index (χ1n) is 9.87. The summed E-state index contributed by atoms with van der Waals surface area (Å²) in [6.07, 6.45) is 24.6. The predicted octanol–water partition coefficient (Wildman–Crippen LogP) is 7.27. The molecule has 0 N–H and O–H groups in total. The van der Waals surface area contributed by atoms with E-state index in [4.69, 9.17) is 4.74 Å². The molecule has 0 atom stereocenters. The van der Waals surface area contributed by atoms with Gasteiger partial charge in [-0.25, -0.2) is 0 Å². The Morgan fingerprint density at radius 2 is 1.12 bits per heavy atom. The van der Waals surface area contributed by atoms with Crippen LogP contribution in [0.15, 0.2) is 37.6 Å². The average molecular weight is 335 g/mol. The average Bonchev–Trinajstić information content (AvgIpc) is 2.59. The second kappa shape index (κ2) is 19.7. The molecule has 2 nitrogen and oxygen atoms in total. The summed E-state index contributed by atoms with van der Waals surface area (Å²) in [6.45, 7) is 7.46. The number of rotatable bonds is 18. The summed E-state index contributed by atoms with van der Waals surface area (Å²) in [5.74, 6) is -0.0951. The number of allylic oxidation sites excluding steroid dienone is 3. The third kappa shape index (κ3) is 18.7. The van der Waals surface area contributed by atoms with Crippen LogP contribution in [0.2, 0.25) is 0 Å². The van der Waals surface area contributed by atoms with Crippen LogP contribution in [0, 0.1) is 0 Å². The zero-order chi connectivity index (χ0) is 17.7. The van der Waals surface area contributed by atoms with Gasteiger partial charge in [-0.05, 0) is 51.0 Å². The molecule has 0 spiro atoms. The number of carbonyl (C=O) groups is 1. The monoisotopic (exact) mass is 334 g/mol. The quantitative estimate of drug-likeness (QED) is 0.114. The highest BCUT2D eigenvalue weighted by molar-refractivity contribution is 5.69. The molecule has 0 radical (unpaired) electrons. The highest BCUT2D eigenvalue weighted by atomic mass is 16.5. The van der Waals surface area contributed by atoms with Crippen molar-refractivity contribution >= 4 is 5.97 Å². The van der Waals surface area contributed by atoms with Gasteiger partial charge in [-0.1, -0.05) is 57.1 Å². The lowest BCUT2D eigenvalue weighted by Crippen LogP contribution is -1.98. The summed E-state index contributed by atoms with van der Waals surface area (Å²) in [5, 5.41) is 0. The van der Waals surface area contributed by atoms with Crippen LogP contribution < -0.4 is 0 Å². The summed E-state index contributed by atoms with van der Waals surface area (Å²) in [5.41, 5.74) is 0. The van der Waals surface area contributed by atoms with Crippen molar-refractivity contribution < 1.29 is 9.53 Å². The van der Waals surface area contributed by atoms with E-state index < -0.39 is 0 Å². The minimum atomic E-state index is -0.0951. The smallest absolute Gasteiger partial charge is 0.310 e. The molecular weight excluding hydrogens is 296 g/mol. The molecule has 24 heavy (non-hydrogen) atoms. The van der Waals surface area contributed by atoms with Crippen molar-refractivity contribution in [2.75, 3.05) is 0 Å². The van der Waals surface area contributed by atoms with Crippen molar-refractivity contribution in [3.05, 3.63) is 37.6 Å². The molecule has 0 fully saturated rings. The normalized spacial score (nSPS) is 10.8. The number of hydrogen-bond acceptors (Lipinski definition) is 2. The van der Waals surface area contributed by atoms with Gasteiger partial charge in [0.25, 0.3) is 0 Å². The van der Waals surface area contributed by atoms with Gasteiger partial charge >= 0.3 is 5.97 Å². The first kappa shape index (κ1) is 22.7. The van der Waals surface area contributed by atoms with E-state index in [1.165, 1.54) is 57.8 Å². The van der Waals surface area contributed by atoms with Gasteiger partial charge < -0.3 is 4.74 Å². The van der Waals surface area contributed by atoms with Crippen molar-refractivity contribution in [2.45, 2.75) is 96.3 Å². The molecule has 0 bridgehead atoms. The van der Waals surface area contributed by atoms with Crippen molar-refractivity contribution in [3.63, 3.8) is 0 Å². The molecule has 0 aromatic rings. The molecule has 0 heterocycles. The van der Waals surface area contributed by atoms with E-state index >= 15 is 0 Å². The van der Waals surface area contributed by atoms with E-state index in [1.807, 2.05) is 18.2 Å². The Hall–Kier alpha value is -1.31. The predicted molar refractivity (Wildman–Crippen MR) is 105 cm³/mol. The van der Waals surface area contributed by atoms with E-state index in [1.54, 1.807) is 6.26 Å². The fourth-order valence-electron chi connectivity index (χ4n) is 2.60. The summed E-state index contributed by atoms with van der Waals surface area (Å²) in [7, 11) is 0. The highest BCUT2D eigenvalue weighted by Gasteiger charge is 2.00. The number of ether oxygens (including phenoxy) is 1. The fraction of sp³-hybridized carbons (Fsp3) is 0.682. The summed E-state index contributed by atoms with van der Waals surface area (Å²) >= 11 is 0. The van der Waals surface area contributed by atoms with Crippen molar-refractivity contribution in [2.24, 2.45) is 0 Å². The van der Waals surface area contributed by atoms with Gasteiger partial charge in [0.15, 0.2) is 0 Å². The van der Waals surface area contributed by atoms with E-state index in [-0.39, 0.29) is 5.97 Å². The third-order valence-electron chi connectivity index (χ3n) is 4.11. The second-order valence-corrected chi connectivity index (χ2v) is 6.44. The Morgan fingerprint density at radius 1 is 0.667 bits per heavy atom. The molecule has 2 heteroatoms. The standard InChI is InChI=1S/C22H38O2/c1-3-5-7-9-11-13-15-17-19-21-24-22(23)20-18-16-14-12-10-8-6-4-2/h3-4,19,21H,1-2,5-18,20H2/b21-19-. The molecule has 138 valence electrons. The van der Waals surface area contributed by atoms with Crippen LogP contribution in [0.4, 0.5) is 0 Å². The van der Waals surface area contributed by atoms with Gasteiger partial charge in [-0.15, -0.1) is 13.2 Å². The molecule has 0 aliphatic carbocycles. The third-order valence-corrected chi connectivity index (χ3v) is 4.11. The maximum Gasteiger partial charge on any atom is 0.310 e. The topological polar surface area (TPSA) is 26.3 Å². The second-order valence-electron chi connectivity index (χ2n) is 6.44. The van der Waals surface area contributed by atoms with Gasteiger partial charge in [0.2, 0.25) is 0 Å². The summed E-state index contributed by atoms with van der Waals surface area (Å²) in [4.78, 5) is 11.6. The Labute approximate surface area is 150 Å². The number of esters is 1. The number of carbonyl (C=O) groups excluding carboxylic acids is 1. The first-order chi connectivity index (χ1) is 11.8. The van der Waals surface area contributed by atoms with Crippen LogP contribution in [-0.4, -0.2) is 5.97 Å². The zero-order valence-electron chi connectivity index (χ0n) is 15.6. The Kier molecular flexibility index (Phi) is 18.7. The molecule has 0 aromatic carbocycles.